The number of nitrogens with zero attached hydrogens (tertiary/aromatic N) is 7. The van der Waals surface area contributed by atoms with Crippen molar-refractivity contribution in [1.82, 2.24) is 29.6 Å². The molecule has 1 amide bonds. The van der Waals surface area contributed by atoms with E-state index >= 15 is 0 Å². The summed E-state index contributed by atoms with van der Waals surface area (Å²) in [6.07, 6.45) is -1.17. The van der Waals surface area contributed by atoms with Gasteiger partial charge in [0, 0.05) is 25.6 Å². The van der Waals surface area contributed by atoms with Crippen LogP contribution in [0.15, 0.2) is 12.1 Å². The summed E-state index contributed by atoms with van der Waals surface area (Å²) < 4.78 is 39.8. The van der Waals surface area contributed by atoms with E-state index < -0.39 is 24.7 Å². The highest BCUT2D eigenvalue weighted by Crippen LogP contribution is 2.31. The van der Waals surface area contributed by atoms with Gasteiger partial charge in [-0.3, -0.25) is 9.69 Å². The summed E-state index contributed by atoms with van der Waals surface area (Å²) in [5.74, 6) is 1.51. The molecule has 1 atom stereocenters. The first-order valence-electron chi connectivity index (χ1n) is 10.5. The average Bonchev–Trinajstić information content (AvgIpc) is 3.23. The fourth-order valence-electron chi connectivity index (χ4n) is 4.67. The number of carbonyl (C=O) groups is 1. The molecular formula is C19H24F3N7O. The van der Waals surface area contributed by atoms with Crippen LogP contribution in [0.1, 0.15) is 37.4 Å². The summed E-state index contributed by atoms with van der Waals surface area (Å²) in [5.41, 5.74) is 0.713. The van der Waals surface area contributed by atoms with Crippen LogP contribution < -0.4 is 4.90 Å². The number of piperidine rings is 1. The Morgan fingerprint density at radius 1 is 1.00 bits per heavy atom. The molecule has 11 heteroatoms. The number of hydrogen-bond donors (Lipinski definition) is 0. The molecule has 162 valence electrons. The van der Waals surface area contributed by atoms with Crippen LogP contribution in [0, 0.1) is 0 Å². The fraction of sp³-hybridized carbons (Fsp3) is 0.684. The van der Waals surface area contributed by atoms with Gasteiger partial charge in [-0.25, -0.2) is 0 Å². The molecule has 0 radical (unpaired) electrons. The zero-order chi connectivity index (χ0) is 20.9. The van der Waals surface area contributed by atoms with Gasteiger partial charge in [0.05, 0.1) is 6.04 Å². The third kappa shape index (κ3) is 3.59. The molecule has 0 aliphatic carbocycles. The molecule has 2 aromatic heterocycles. The highest BCUT2D eigenvalue weighted by molar-refractivity contribution is 5.84. The molecule has 1 unspecified atom stereocenters. The van der Waals surface area contributed by atoms with Crippen LogP contribution in [0.25, 0.3) is 5.65 Å². The third-order valence-electron chi connectivity index (χ3n) is 6.43. The van der Waals surface area contributed by atoms with Crippen LogP contribution in [-0.2, 0) is 4.79 Å². The van der Waals surface area contributed by atoms with E-state index in [1.165, 1.54) is 6.42 Å². The molecule has 8 nitrogen and oxygen atoms in total. The van der Waals surface area contributed by atoms with Gasteiger partial charge in [-0.15, -0.1) is 15.3 Å². The van der Waals surface area contributed by atoms with Gasteiger partial charge in [-0.2, -0.15) is 17.7 Å². The Bertz CT molecular complexity index is 934. The first-order valence-corrected chi connectivity index (χ1v) is 10.5. The van der Waals surface area contributed by atoms with Crippen molar-refractivity contribution in [1.29, 1.82) is 0 Å². The van der Waals surface area contributed by atoms with E-state index in [-0.39, 0.29) is 12.5 Å². The topological polar surface area (TPSA) is 69.9 Å². The molecule has 0 N–H and O–H groups in total. The summed E-state index contributed by atoms with van der Waals surface area (Å²) >= 11 is 0. The molecule has 3 fully saturated rings. The molecule has 0 saturated carbocycles. The van der Waals surface area contributed by atoms with E-state index in [9.17, 15) is 18.0 Å². The van der Waals surface area contributed by atoms with Gasteiger partial charge >= 0.3 is 6.18 Å². The fourth-order valence-corrected chi connectivity index (χ4v) is 4.67. The number of fused-ring (bicyclic) bond motifs is 1. The van der Waals surface area contributed by atoms with Crippen molar-refractivity contribution in [3.8, 4) is 0 Å². The van der Waals surface area contributed by atoms with E-state index in [0.29, 0.717) is 25.2 Å². The number of rotatable bonds is 4. The Labute approximate surface area is 171 Å². The monoisotopic (exact) mass is 423 g/mol. The van der Waals surface area contributed by atoms with Gasteiger partial charge in [0.2, 0.25) is 5.91 Å². The standard InChI is InChI=1S/C19H24F3N7O/c20-19(21,22)12-28-11-6-14(18(28)30)26-9-4-13(5-10-26)17-24-23-15-2-3-16(25-29(15)17)27-7-1-8-27/h2-3,13-14H,1,4-12H2. The number of halogens is 3. The van der Waals surface area contributed by atoms with Crippen LogP contribution in [0.2, 0.25) is 0 Å². The molecular weight excluding hydrogens is 399 g/mol. The van der Waals surface area contributed by atoms with Crippen molar-refractivity contribution in [3.63, 3.8) is 0 Å². The van der Waals surface area contributed by atoms with Gasteiger partial charge in [0.1, 0.15) is 12.4 Å². The minimum atomic E-state index is -4.35. The Morgan fingerprint density at radius 2 is 1.77 bits per heavy atom. The van der Waals surface area contributed by atoms with Crippen molar-refractivity contribution in [2.24, 2.45) is 0 Å². The van der Waals surface area contributed by atoms with Gasteiger partial charge in [0.25, 0.3) is 0 Å². The van der Waals surface area contributed by atoms with Crippen molar-refractivity contribution < 1.29 is 18.0 Å². The first-order chi connectivity index (χ1) is 14.4. The molecule has 0 aromatic carbocycles. The number of alkyl halides is 3. The van der Waals surface area contributed by atoms with Gasteiger partial charge < -0.3 is 9.80 Å². The highest BCUT2D eigenvalue weighted by atomic mass is 19.4. The van der Waals surface area contributed by atoms with Crippen molar-refractivity contribution >= 4 is 17.4 Å². The maximum atomic E-state index is 12.7. The second-order valence-corrected chi connectivity index (χ2v) is 8.35. The number of amides is 1. The number of aromatic nitrogens is 4. The molecule has 0 bridgehead atoms. The second kappa shape index (κ2) is 7.36. The second-order valence-electron chi connectivity index (χ2n) is 8.35. The van der Waals surface area contributed by atoms with Crippen molar-refractivity contribution in [3.05, 3.63) is 18.0 Å². The highest BCUT2D eigenvalue weighted by Gasteiger charge is 2.42. The van der Waals surface area contributed by atoms with Crippen LogP contribution in [0.5, 0.6) is 0 Å². The van der Waals surface area contributed by atoms with Crippen LogP contribution in [0.3, 0.4) is 0 Å². The lowest BCUT2D eigenvalue weighted by Gasteiger charge is -2.34. The quantitative estimate of drug-likeness (QED) is 0.745. The maximum Gasteiger partial charge on any atom is 0.406 e. The molecule has 3 aliphatic heterocycles. The minimum Gasteiger partial charge on any atom is -0.355 e. The Morgan fingerprint density at radius 3 is 2.43 bits per heavy atom. The normalized spacial score (nSPS) is 24.1. The van der Waals surface area contributed by atoms with E-state index in [2.05, 4.69) is 15.1 Å². The number of carbonyl (C=O) groups excluding carboxylic acids is 1. The lowest BCUT2D eigenvalue weighted by Crippen LogP contribution is -2.46. The van der Waals surface area contributed by atoms with E-state index in [4.69, 9.17) is 5.10 Å². The Hall–Kier alpha value is -2.43. The molecule has 5 rings (SSSR count). The number of likely N-dealkylation sites (tertiary alicyclic amines) is 2. The molecule has 0 spiro atoms. The van der Waals surface area contributed by atoms with Crippen molar-refractivity contribution in [2.75, 3.05) is 44.2 Å². The van der Waals surface area contributed by atoms with Crippen LogP contribution in [-0.4, -0.2) is 87.0 Å². The summed E-state index contributed by atoms with van der Waals surface area (Å²) in [6, 6.07) is 3.45. The Balaban J connectivity index is 1.25. The number of anilines is 1. The molecule has 3 aliphatic rings. The summed E-state index contributed by atoms with van der Waals surface area (Å²) in [5, 5.41) is 13.3. The molecule has 2 aromatic rings. The Kier molecular flexibility index (Phi) is 4.79. The molecule has 30 heavy (non-hydrogen) atoms. The van der Waals surface area contributed by atoms with Crippen LogP contribution >= 0.6 is 0 Å². The third-order valence-corrected chi connectivity index (χ3v) is 6.43. The summed E-state index contributed by atoms with van der Waals surface area (Å²) in [7, 11) is 0. The number of hydrogen-bond acceptors (Lipinski definition) is 6. The first kappa shape index (κ1) is 19.5. The summed E-state index contributed by atoms with van der Waals surface area (Å²) in [6.45, 7) is 2.34. The lowest BCUT2D eigenvalue weighted by atomic mass is 9.95. The van der Waals surface area contributed by atoms with Crippen LogP contribution in [0.4, 0.5) is 19.0 Å². The predicted octanol–water partition coefficient (Wildman–Crippen LogP) is 1.68. The van der Waals surface area contributed by atoms with Gasteiger partial charge in [-0.05, 0) is 50.9 Å². The molecule has 5 heterocycles. The van der Waals surface area contributed by atoms with Gasteiger partial charge in [-0.1, -0.05) is 0 Å². The van der Waals surface area contributed by atoms with E-state index in [1.807, 2.05) is 21.5 Å². The smallest absolute Gasteiger partial charge is 0.355 e. The zero-order valence-corrected chi connectivity index (χ0v) is 16.6. The average molecular weight is 423 g/mol. The summed E-state index contributed by atoms with van der Waals surface area (Å²) in [4.78, 5) is 17.6. The largest absolute Gasteiger partial charge is 0.406 e. The lowest BCUT2D eigenvalue weighted by molar-refractivity contribution is -0.159. The van der Waals surface area contributed by atoms with Gasteiger partial charge in [0.15, 0.2) is 11.5 Å². The minimum absolute atomic E-state index is 0.165. The molecule has 3 saturated heterocycles. The predicted molar refractivity (Wildman–Crippen MR) is 102 cm³/mol. The maximum absolute atomic E-state index is 12.7. The SMILES string of the molecule is O=C1C(N2CCC(c3nnc4ccc(N5CCC5)nn34)CC2)CCN1CC(F)(F)F. The van der Waals surface area contributed by atoms with E-state index in [1.54, 1.807) is 0 Å². The zero-order valence-electron chi connectivity index (χ0n) is 16.6. The van der Waals surface area contributed by atoms with Crippen molar-refractivity contribution in [2.45, 2.75) is 43.8 Å². The van der Waals surface area contributed by atoms with E-state index in [0.717, 1.165) is 42.5 Å².